The molecular weight excluding hydrogens is 158 g/mol. The van der Waals surface area contributed by atoms with Gasteiger partial charge in [-0.2, -0.15) is 0 Å². The summed E-state index contributed by atoms with van der Waals surface area (Å²) in [5, 5.41) is 10.2. The predicted molar refractivity (Wildman–Crippen MR) is 42.6 cm³/mol. The molecule has 0 radical (unpaired) electrons. The summed E-state index contributed by atoms with van der Waals surface area (Å²) >= 11 is 0. The highest BCUT2D eigenvalue weighted by Crippen LogP contribution is 2.25. The Bertz CT molecular complexity index is 220. The monoisotopic (exact) mass is 169 g/mol. The fourth-order valence-electron chi connectivity index (χ4n) is 1.02. The van der Waals surface area contributed by atoms with Crippen LogP contribution < -0.4 is 0 Å². The van der Waals surface area contributed by atoms with Crippen molar-refractivity contribution in [3.63, 3.8) is 0 Å². The van der Waals surface area contributed by atoms with E-state index in [0.717, 1.165) is 0 Å². The Morgan fingerprint density at radius 3 is 3.17 bits per heavy atom. The minimum atomic E-state index is -0.104. The fourth-order valence-corrected chi connectivity index (χ4v) is 1.02. The van der Waals surface area contributed by atoms with Crippen LogP contribution in [-0.4, -0.2) is 35.9 Å². The average Bonchev–Trinajstić information content (AvgIpc) is 2.04. The maximum atomic E-state index is 10.3. The lowest BCUT2D eigenvalue weighted by atomic mass is 10.00. The SMILES string of the molecule is C=CCON1CC(CO)C1=C=O. The smallest absolute Gasteiger partial charge is 0.148 e. The van der Waals surface area contributed by atoms with Crippen LogP contribution in [0.25, 0.3) is 0 Å². The molecule has 4 heteroatoms. The van der Waals surface area contributed by atoms with Crippen LogP contribution in [0.4, 0.5) is 0 Å². The summed E-state index contributed by atoms with van der Waals surface area (Å²) in [7, 11) is 0. The highest BCUT2D eigenvalue weighted by molar-refractivity contribution is 5.54. The van der Waals surface area contributed by atoms with E-state index in [1.54, 1.807) is 12.0 Å². The van der Waals surface area contributed by atoms with E-state index in [1.165, 1.54) is 5.06 Å². The van der Waals surface area contributed by atoms with Crippen molar-refractivity contribution < 1.29 is 14.7 Å². The zero-order valence-electron chi connectivity index (χ0n) is 6.69. The zero-order valence-corrected chi connectivity index (χ0v) is 6.69. The molecule has 66 valence electrons. The van der Waals surface area contributed by atoms with E-state index in [2.05, 4.69) is 6.58 Å². The van der Waals surface area contributed by atoms with Crippen molar-refractivity contribution in [1.82, 2.24) is 5.06 Å². The largest absolute Gasteiger partial charge is 0.396 e. The minimum absolute atomic E-state index is 0.0292. The van der Waals surface area contributed by atoms with E-state index < -0.39 is 0 Å². The molecule has 1 unspecified atom stereocenters. The van der Waals surface area contributed by atoms with Crippen LogP contribution in [-0.2, 0) is 9.63 Å². The summed E-state index contributed by atoms with van der Waals surface area (Å²) in [6.45, 7) is 4.36. The molecule has 0 saturated carbocycles. The first-order valence-electron chi connectivity index (χ1n) is 3.70. The van der Waals surface area contributed by atoms with E-state index >= 15 is 0 Å². The number of carbonyl (C=O) groups excluding carboxylic acids is 1. The molecule has 0 aromatic rings. The van der Waals surface area contributed by atoms with Gasteiger partial charge in [0.05, 0.1) is 25.7 Å². The molecule has 1 atom stereocenters. The second-order valence-electron chi connectivity index (χ2n) is 2.51. The molecular formula is C8H11NO3. The van der Waals surface area contributed by atoms with E-state index in [-0.39, 0.29) is 12.5 Å². The third-order valence-corrected chi connectivity index (χ3v) is 1.71. The number of aliphatic hydroxyl groups is 1. The van der Waals surface area contributed by atoms with E-state index in [1.807, 2.05) is 0 Å². The van der Waals surface area contributed by atoms with Gasteiger partial charge in [-0.15, -0.1) is 6.58 Å². The minimum Gasteiger partial charge on any atom is -0.396 e. The average molecular weight is 169 g/mol. The topological polar surface area (TPSA) is 49.8 Å². The Morgan fingerprint density at radius 1 is 1.92 bits per heavy atom. The van der Waals surface area contributed by atoms with Gasteiger partial charge >= 0.3 is 0 Å². The van der Waals surface area contributed by atoms with Crippen molar-refractivity contribution in [2.24, 2.45) is 5.92 Å². The summed E-state index contributed by atoms with van der Waals surface area (Å²) in [6, 6.07) is 0. The number of nitrogens with zero attached hydrogens (tertiary/aromatic N) is 1. The molecule has 1 aliphatic rings. The van der Waals surface area contributed by atoms with Crippen LogP contribution in [0.5, 0.6) is 0 Å². The van der Waals surface area contributed by atoms with Crippen LogP contribution in [0, 0.1) is 5.92 Å². The van der Waals surface area contributed by atoms with Gasteiger partial charge in [-0.25, -0.2) is 9.86 Å². The second-order valence-corrected chi connectivity index (χ2v) is 2.51. The third kappa shape index (κ3) is 1.56. The Balaban J connectivity index is 2.41. The van der Waals surface area contributed by atoms with Gasteiger partial charge in [-0.05, 0) is 0 Å². The molecule has 0 aromatic heterocycles. The van der Waals surface area contributed by atoms with Crippen LogP contribution in [0.15, 0.2) is 18.4 Å². The van der Waals surface area contributed by atoms with Crippen molar-refractivity contribution in [1.29, 1.82) is 0 Å². The van der Waals surface area contributed by atoms with Crippen molar-refractivity contribution in [3.8, 4) is 0 Å². The number of aliphatic hydroxyl groups excluding tert-OH is 1. The Hall–Kier alpha value is -1.09. The summed E-state index contributed by atoms with van der Waals surface area (Å²) in [6.07, 6.45) is 1.59. The van der Waals surface area contributed by atoms with Crippen molar-refractivity contribution in [3.05, 3.63) is 18.4 Å². The maximum Gasteiger partial charge on any atom is 0.148 e. The normalized spacial score (nSPS) is 21.6. The van der Waals surface area contributed by atoms with Gasteiger partial charge in [0, 0.05) is 0 Å². The first-order valence-corrected chi connectivity index (χ1v) is 3.70. The lowest BCUT2D eigenvalue weighted by Crippen LogP contribution is -2.46. The Kier molecular flexibility index (Phi) is 3.05. The quantitative estimate of drug-likeness (QED) is 0.465. The van der Waals surface area contributed by atoms with Crippen molar-refractivity contribution >= 4 is 5.94 Å². The third-order valence-electron chi connectivity index (χ3n) is 1.71. The Labute approximate surface area is 70.7 Å². The Morgan fingerprint density at radius 2 is 2.67 bits per heavy atom. The molecule has 1 rings (SSSR count). The lowest BCUT2D eigenvalue weighted by molar-refractivity contribution is -0.175. The standard InChI is InChI=1S/C8H11NO3/c1-2-3-12-9-4-7(5-10)8(9)6-11/h2,7,10H,1,3-5H2. The van der Waals surface area contributed by atoms with Crippen LogP contribution in [0.1, 0.15) is 0 Å². The van der Waals surface area contributed by atoms with Gasteiger partial charge in [-0.1, -0.05) is 6.08 Å². The van der Waals surface area contributed by atoms with Crippen LogP contribution in [0.2, 0.25) is 0 Å². The molecule has 12 heavy (non-hydrogen) atoms. The van der Waals surface area contributed by atoms with Gasteiger partial charge in [0.25, 0.3) is 0 Å². The van der Waals surface area contributed by atoms with Gasteiger partial charge in [0.15, 0.2) is 0 Å². The van der Waals surface area contributed by atoms with Gasteiger partial charge < -0.3 is 5.11 Å². The molecule has 0 aromatic carbocycles. The summed E-state index contributed by atoms with van der Waals surface area (Å²) in [5.41, 5.74) is 0.388. The van der Waals surface area contributed by atoms with Crippen molar-refractivity contribution in [2.75, 3.05) is 19.8 Å². The number of hydrogen-bond acceptors (Lipinski definition) is 4. The van der Waals surface area contributed by atoms with Crippen LogP contribution in [0.3, 0.4) is 0 Å². The number of hydrogen-bond donors (Lipinski definition) is 1. The van der Waals surface area contributed by atoms with Gasteiger partial charge in [0.2, 0.25) is 0 Å². The number of rotatable bonds is 4. The van der Waals surface area contributed by atoms with Gasteiger partial charge in [0.1, 0.15) is 11.6 Å². The predicted octanol–water partition coefficient (Wildman–Crippen LogP) is -0.256. The summed E-state index contributed by atoms with van der Waals surface area (Å²) in [4.78, 5) is 15.4. The van der Waals surface area contributed by atoms with Gasteiger partial charge in [-0.3, -0.25) is 4.84 Å². The molecule has 1 fully saturated rings. The van der Waals surface area contributed by atoms with E-state index in [9.17, 15) is 4.79 Å². The lowest BCUT2D eigenvalue weighted by Gasteiger charge is -2.38. The molecule has 0 aliphatic carbocycles. The van der Waals surface area contributed by atoms with Crippen molar-refractivity contribution in [2.45, 2.75) is 0 Å². The van der Waals surface area contributed by atoms with E-state index in [0.29, 0.717) is 18.8 Å². The second kappa shape index (κ2) is 4.07. The fraction of sp³-hybridized carbons (Fsp3) is 0.500. The highest BCUT2D eigenvalue weighted by atomic mass is 16.7. The summed E-state index contributed by atoms with van der Waals surface area (Å²) < 4.78 is 0. The molecule has 0 bridgehead atoms. The molecule has 1 saturated heterocycles. The molecule has 4 nitrogen and oxygen atoms in total. The van der Waals surface area contributed by atoms with Crippen LogP contribution >= 0.6 is 0 Å². The summed E-state index contributed by atoms with van der Waals surface area (Å²) in [5.74, 6) is 1.63. The number of hydroxylamine groups is 2. The molecule has 1 N–H and O–H groups in total. The molecule has 0 amide bonds. The first-order chi connectivity index (χ1) is 5.83. The van der Waals surface area contributed by atoms with E-state index in [4.69, 9.17) is 9.94 Å². The zero-order chi connectivity index (χ0) is 8.97. The molecule has 0 spiro atoms. The first kappa shape index (κ1) is 9.00. The molecule has 1 aliphatic heterocycles. The maximum absolute atomic E-state index is 10.3. The highest BCUT2D eigenvalue weighted by Gasteiger charge is 2.34. The molecule has 1 heterocycles.